The van der Waals surface area contributed by atoms with Gasteiger partial charge in [0.2, 0.25) is 0 Å². The van der Waals surface area contributed by atoms with Gasteiger partial charge in [-0.05, 0) is 61.7 Å². The van der Waals surface area contributed by atoms with Crippen molar-refractivity contribution in [1.82, 2.24) is 9.88 Å². The summed E-state index contributed by atoms with van der Waals surface area (Å²) in [6.07, 6.45) is 1.67. The predicted octanol–water partition coefficient (Wildman–Crippen LogP) is 5.10. The molecule has 0 saturated heterocycles. The van der Waals surface area contributed by atoms with Crippen LogP contribution in [-0.2, 0) is 6.54 Å². The number of aryl methyl sites for hydroxylation is 2. The van der Waals surface area contributed by atoms with Gasteiger partial charge >= 0.3 is 0 Å². The van der Waals surface area contributed by atoms with Crippen LogP contribution in [0.15, 0.2) is 66.9 Å². The normalized spacial score (nSPS) is 10.5. The first-order valence-electron chi connectivity index (χ1n) is 9.20. The zero-order valence-electron chi connectivity index (χ0n) is 16.1. The van der Waals surface area contributed by atoms with Crippen LogP contribution in [0.1, 0.15) is 34.1 Å². The average Bonchev–Trinajstić information content (AvgIpc) is 2.69. The maximum absolute atomic E-state index is 12.9. The van der Waals surface area contributed by atoms with Gasteiger partial charge in [-0.25, -0.2) is 0 Å². The first-order valence-corrected chi connectivity index (χ1v) is 9.20. The van der Waals surface area contributed by atoms with E-state index in [2.05, 4.69) is 36.3 Å². The van der Waals surface area contributed by atoms with E-state index in [4.69, 9.17) is 0 Å². The lowest BCUT2D eigenvalue weighted by Crippen LogP contribution is -2.31. The molecule has 4 heteroatoms. The van der Waals surface area contributed by atoms with Crippen LogP contribution in [0.5, 0.6) is 0 Å². The molecule has 138 valence electrons. The largest absolute Gasteiger partial charge is 0.355 e. The third-order valence-electron chi connectivity index (χ3n) is 4.66. The Bertz CT molecular complexity index is 922. The number of carbonyl (C=O) groups excluding carboxylic acids is 1. The molecule has 2 aromatic carbocycles. The quantitative estimate of drug-likeness (QED) is 0.665. The number of carbonyl (C=O) groups is 1. The fourth-order valence-corrected chi connectivity index (χ4v) is 2.90. The summed E-state index contributed by atoms with van der Waals surface area (Å²) in [7, 11) is 0. The monoisotopic (exact) mass is 359 g/mol. The van der Waals surface area contributed by atoms with E-state index in [1.165, 1.54) is 11.1 Å². The first kappa shape index (κ1) is 18.6. The van der Waals surface area contributed by atoms with Crippen molar-refractivity contribution in [1.29, 1.82) is 0 Å². The second-order valence-corrected chi connectivity index (χ2v) is 6.66. The van der Waals surface area contributed by atoms with Gasteiger partial charge in [0.05, 0.1) is 0 Å². The zero-order chi connectivity index (χ0) is 19.2. The van der Waals surface area contributed by atoms with E-state index in [9.17, 15) is 4.79 Å². The van der Waals surface area contributed by atoms with Gasteiger partial charge in [-0.3, -0.25) is 9.78 Å². The summed E-state index contributed by atoms with van der Waals surface area (Å²) < 4.78 is 0. The minimum atomic E-state index is -0.0647. The second-order valence-electron chi connectivity index (χ2n) is 6.66. The van der Waals surface area contributed by atoms with E-state index in [0.29, 0.717) is 18.8 Å². The van der Waals surface area contributed by atoms with Crippen LogP contribution < -0.4 is 5.32 Å². The number of hydrogen-bond donors (Lipinski definition) is 1. The van der Waals surface area contributed by atoms with E-state index in [1.807, 2.05) is 55.5 Å². The Morgan fingerprint density at radius 1 is 0.963 bits per heavy atom. The number of rotatable bonds is 6. The summed E-state index contributed by atoms with van der Waals surface area (Å²) in [6, 6.07) is 19.9. The van der Waals surface area contributed by atoms with Crippen molar-refractivity contribution in [2.24, 2.45) is 0 Å². The van der Waals surface area contributed by atoms with Crippen LogP contribution in [0.3, 0.4) is 0 Å². The Balaban J connectivity index is 1.76. The summed E-state index contributed by atoms with van der Waals surface area (Å²) in [4.78, 5) is 19.0. The Kier molecular flexibility index (Phi) is 5.87. The van der Waals surface area contributed by atoms with Crippen molar-refractivity contribution < 1.29 is 4.79 Å². The highest BCUT2D eigenvalue weighted by Crippen LogP contribution is 2.20. The van der Waals surface area contributed by atoms with Gasteiger partial charge in [-0.2, -0.15) is 0 Å². The fourth-order valence-electron chi connectivity index (χ4n) is 2.90. The van der Waals surface area contributed by atoms with Crippen molar-refractivity contribution >= 4 is 17.3 Å². The van der Waals surface area contributed by atoms with Crippen LogP contribution in [0, 0.1) is 13.8 Å². The summed E-state index contributed by atoms with van der Waals surface area (Å²) in [5.41, 5.74) is 5.89. The number of benzene rings is 2. The van der Waals surface area contributed by atoms with Crippen molar-refractivity contribution in [2.45, 2.75) is 27.3 Å². The van der Waals surface area contributed by atoms with Crippen LogP contribution in [0.4, 0.5) is 11.4 Å². The number of amides is 1. The molecule has 0 radical (unpaired) electrons. The molecule has 0 unspecified atom stereocenters. The molecule has 1 N–H and O–H groups in total. The molecule has 0 aliphatic carbocycles. The van der Waals surface area contributed by atoms with E-state index >= 15 is 0 Å². The molecule has 3 aromatic rings. The van der Waals surface area contributed by atoms with Crippen LogP contribution >= 0.6 is 0 Å². The summed E-state index contributed by atoms with van der Waals surface area (Å²) >= 11 is 0. The minimum absolute atomic E-state index is 0.0647. The lowest BCUT2D eigenvalue weighted by Gasteiger charge is -2.21. The number of nitrogens with one attached hydrogen (secondary N) is 1. The average molecular weight is 359 g/mol. The molecular weight excluding hydrogens is 334 g/mol. The van der Waals surface area contributed by atoms with E-state index in [-0.39, 0.29) is 5.91 Å². The number of pyridine rings is 1. The maximum atomic E-state index is 12.9. The molecule has 0 aliphatic heterocycles. The molecule has 0 saturated carbocycles. The molecule has 0 spiro atoms. The fraction of sp³-hybridized carbons (Fsp3) is 0.217. The highest BCUT2D eigenvalue weighted by molar-refractivity contribution is 5.93. The maximum Gasteiger partial charge on any atom is 0.272 e. The molecule has 0 bridgehead atoms. The molecular formula is C23H25N3O. The Labute approximate surface area is 160 Å². The van der Waals surface area contributed by atoms with Crippen LogP contribution in [0.2, 0.25) is 0 Å². The van der Waals surface area contributed by atoms with Crippen molar-refractivity contribution in [2.75, 3.05) is 11.9 Å². The topological polar surface area (TPSA) is 45.2 Å². The highest BCUT2D eigenvalue weighted by Gasteiger charge is 2.16. The molecule has 0 aliphatic rings. The van der Waals surface area contributed by atoms with Gasteiger partial charge in [0.15, 0.2) is 0 Å². The van der Waals surface area contributed by atoms with Gasteiger partial charge in [0, 0.05) is 30.7 Å². The van der Waals surface area contributed by atoms with Crippen molar-refractivity contribution in [3.63, 3.8) is 0 Å². The minimum Gasteiger partial charge on any atom is -0.355 e. The zero-order valence-corrected chi connectivity index (χ0v) is 16.1. The van der Waals surface area contributed by atoms with E-state index in [0.717, 1.165) is 16.9 Å². The van der Waals surface area contributed by atoms with Gasteiger partial charge in [-0.1, -0.05) is 36.4 Å². The van der Waals surface area contributed by atoms with Crippen LogP contribution in [-0.4, -0.2) is 22.3 Å². The van der Waals surface area contributed by atoms with E-state index in [1.54, 1.807) is 11.1 Å². The Morgan fingerprint density at radius 2 is 1.70 bits per heavy atom. The molecule has 0 fully saturated rings. The number of nitrogens with zero attached hydrogens (tertiary/aromatic N) is 2. The predicted molar refractivity (Wildman–Crippen MR) is 110 cm³/mol. The molecule has 1 aromatic heterocycles. The van der Waals surface area contributed by atoms with Gasteiger partial charge in [-0.15, -0.1) is 0 Å². The SMILES string of the molecule is CCN(Cc1ccccc1)C(=O)c1cc(Nc2ccc(C)c(C)c2)ccn1. The lowest BCUT2D eigenvalue weighted by atomic mass is 10.1. The lowest BCUT2D eigenvalue weighted by molar-refractivity contribution is 0.0746. The standard InChI is InChI=1S/C23H25N3O/c1-4-26(16-19-8-6-5-7-9-19)23(27)22-15-21(12-13-24-22)25-20-11-10-17(2)18(3)14-20/h5-15H,4,16H2,1-3H3,(H,24,25). The molecule has 27 heavy (non-hydrogen) atoms. The van der Waals surface area contributed by atoms with Crippen molar-refractivity contribution in [3.05, 3.63) is 89.2 Å². The molecule has 1 heterocycles. The van der Waals surface area contributed by atoms with E-state index < -0.39 is 0 Å². The summed E-state index contributed by atoms with van der Waals surface area (Å²) in [5.74, 6) is -0.0647. The smallest absolute Gasteiger partial charge is 0.272 e. The van der Waals surface area contributed by atoms with Crippen LogP contribution in [0.25, 0.3) is 0 Å². The molecule has 4 nitrogen and oxygen atoms in total. The van der Waals surface area contributed by atoms with Gasteiger partial charge < -0.3 is 10.2 Å². The first-order chi connectivity index (χ1) is 13.1. The number of aromatic nitrogens is 1. The highest BCUT2D eigenvalue weighted by atomic mass is 16.2. The summed E-state index contributed by atoms with van der Waals surface area (Å²) in [5, 5.41) is 3.36. The van der Waals surface area contributed by atoms with Gasteiger partial charge in [0.25, 0.3) is 5.91 Å². The number of anilines is 2. The molecule has 0 atom stereocenters. The third kappa shape index (κ3) is 4.73. The third-order valence-corrected chi connectivity index (χ3v) is 4.66. The molecule has 3 rings (SSSR count). The van der Waals surface area contributed by atoms with Gasteiger partial charge in [0.1, 0.15) is 5.69 Å². The Hall–Kier alpha value is -3.14. The molecule has 1 amide bonds. The number of hydrogen-bond acceptors (Lipinski definition) is 3. The Morgan fingerprint density at radius 3 is 2.41 bits per heavy atom. The summed E-state index contributed by atoms with van der Waals surface area (Å²) in [6.45, 7) is 7.37. The van der Waals surface area contributed by atoms with Crippen molar-refractivity contribution in [3.8, 4) is 0 Å². The second kappa shape index (κ2) is 8.49.